The molecule has 0 saturated carbocycles. The van der Waals surface area contributed by atoms with Gasteiger partial charge in [0.1, 0.15) is 0 Å². The second kappa shape index (κ2) is 16.1. The molecule has 1 aliphatic rings. The molecule has 1 fully saturated rings. The van der Waals surface area contributed by atoms with Crippen molar-refractivity contribution in [1.82, 2.24) is 10.3 Å². The van der Waals surface area contributed by atoms with Crippen LogP contribution in [-0.2, 0) is 11.9 Å². The van der Waals surface area contributed by atoms with Gasteiger partial charge >= 0.3 is 6.18 Å². The third-order valence-corrected chi connectivity index (χ3v) is 8.36. The zero-order chi connectivity index (χ0) is 32.4. The van der Waals surface area contributed by atoms with E-state index in [1.54, 1.807) is 36.4 Å². The Balaban J connectivity index is 1.56. The van der Waals surface area contributed by atoms with Crippen molar-refractivity contribution < 1.29 is 33.0 Å². The average Bonchev–Trinajstić information content (AvgIpc) is 3.02. The average molecular weight is 664 g/mol. The summed E-state index contributed by atoms with van der Waals surface area (Å²) in [5.41, 5.74) is 3.76. The lowest BCUT2D eigenvalue weighted by molar-refractivity contribution is -0.137. The number of amides is 2. The van der Waals surface area contributed by atoms with Crippen molar-refractivity contribution in [2.24, 2.45) is 5.10 Å². The molecule has 0 unspecified atom stereocenters. The van der Waals surface area contributed by atoms with Crippen molar-refractivity contribution in [2.75, 3.05) is 61.9 Å². The van der Waals surface area contributed by atoms with Crippen molar-refractivity contribution in [3.05, 3.63) is 93.5 Å². The predicted molar refractivity (Wildman–Crippen MR) is 171 cm³/mol. The number of aliphatic hydroxyl groups is 2. The number of hydrogen-bond acceptors (Lipinski definition) is 8. The number of halogens is 4. The number of β-amino-alcohol motifs (C(OH)–C–C–N with tert-alkyl or cyclic N) is 1. The first kappa shape index (κ1) is 34.3. The number of rotatable bonds is 12. The van der Waals surface area contributed by atoms with E-state index in [1.165, 1.54) is 17.8 Å². The zero-order valence-corrected chi connectivity index (χ0v) is 25.8. The van der Waals surface area contributed by atoms with E-state index >= 15 is 0 Å². The van der Waals surface area contributed by atoms with Gasteiger partial charge in [-0.3, -0.25) is 14.5 Å². The topological polar surface area (TPSA) is 118 Å². The highest BCUT2D eigenvalue weighted by Gasteiger charge is 2.33. The number of aliphatic hydroxyl groups excluding tert-OH is 2. The summed E-state index contributed by atoms with van der Waals surface area (Å²) in [6.07, 6.45) is -3.58. The molecule has 1 aliphatic heterocycles. The highest BCUT2D eigenvalue weighted by atomic mass is 35.5. The van der Waals surface area contributed by atoms with E-state index in [4.69, 9.17) is 16.7 Å². The van der Waals surface area contributed by atoms with Crippen LogP contribution in [0.1, 0.15) is 37.4 Å². The molecule has 4 rings (SSSR count). The summed E-state index contributed by atoms with van der Waals surface area (Å²) in [6, 6.07) is 15.4. The standard InChI is InChI=1S/C31H33ClF3N5O4S/c32-27-6-4-21(17-26(27)31(33,34)35)19-36-38-30(44)25-18-24(40-10-8-39(9-11-40)12-13-41)5-7-28(25)37-29(43)23-3-1-2-22(16-23)20-45-15-14-42/h1-7,16-19,41-42H,8-15,20H2,(H,37,43)(H,38,44). The molecule has 4 N–H and O–H groups in total. The predicted octanol–water partition coefficient (Wildman–Crippen LogP) is 4.71. The van der Waals surface area contributed by atoms with Crippen LogP contribution in [0.5, 0.6) is 0 Å². The lowest BCUT2D eigenvalue weighted by atomic mass is 10.1. The lowest BCUT2D eigenvalue weighted by Gasteiger charge is -2.36. The summed E-state index contributed by atoms with van der Waals surface area (Å²) in [7, 11) is 0. The maximum Gasteiger partial charge on any atom is 0.417 e. The number of hydrazone groups is 1. The van der Waals surface area contributed by atoms with Crippen LogP contribution < -0.4 is 15.6 Å². The Labute approximate surface area is 268 Å². The van der Waals surface area contributed by atoms with Gasteiger partial charge in [0.15, 0.2) is 0 Å². The molecule has 1 heterocycles. The summed E-state index contributed by atoms with van der Waals surface area (Å²) < 4.78 is 39.8. The Morgan fingerprint density at radius 2 is 1.76 bits per heavy atom. The summed E-state index contributed by atoms with van der Waals surface area (Å²) in [5, 5.41) is 24.5. The number of benzene rings is 3. The monoisotopic (exact) mass is 663 g/mol. The van der Waals surface area contributed by atoms with Gasteiger partial charge in [-0.25, -0.2) is 5.43 Å². The quantitative estimate of drug-likeness (QED) is 0.126. The normalized spacial score (nSPS) is 14.1. The van der Waals surface area contributed by atoms with Crippen molar-refractivity contribution in [2.45, 2.75) is 11.9 Å². The van der Waals surface area contributed by atoms with Gasteiger partial charge in [0.2, 0.25) is 0 Å². The molecule has 240 valence electrons. The van der Waals surface area contributed by atoms with Gasteiger partial charge in [-0.1, -0.05) is 29.8 Å². The van der Waals surface area contributed by atoms with Crippen molar-refractivity contribution in [3.63, 3.8) is 0 Å². The second-order valence-corrected chi connectivity index (χ2v) is 11.7. The first-order valence-electron chi connectivity index (χ1n) is 14.1. The van der Waals surface area contributed by atoms with E-state index < -0.39 is 28.6 Å². The number of carbonyl (C=O) groups excluding carboxylic acids is 2. The first-order valence-corrected chi connectivity index (χ1v) is 15.6. The molecule has 14 heteroatoms. The number of carbonyl (C=O) groups is 2. The Kier molecular flexibility index (Phi) is 12.3. The van der Waals surface area contributed by atoms with Gasteiger partial charge in [0.05, 0.1) is 41.3 Å². The van der Waals surface area contributed by atoms with Crippen LogP contribution in [0, 0.1) is 0 Å². The number of hydrogen-bond donors (Lipinski definition) is 4. The number of anilines is 2. The molecular formula is C31H33ClF3N5O4S. The molecule has 45 heavy (non-hydrogen) atoms. The van der Waals surface area contributed by atoms with Gasteiger partial charge in [-0.15, -0.1) is 0 Å². The van der Waals surface area contributed by atoms with Gasteiger partial charge in [0, 0.05) is 55.5 Å². The molecule has 1 saturated heterocycles. The molecular weight excluding hydrogens is 631 g/mol. The molecule has 0 bridgehead atoms. The zero-order valence-electron chi connectivity index (χ0n) is 24.2. The molecule has 9 nitrogen and oxygen atoms in total. The largest absolute Gasteiger partial charge is 0.417 e. The molecule has 0 atom stereocenters. The molecule has 2 amide bonds. The van der Waals surface area contributed by atoms with Crippen LogP contribution in [0.2, 0.25) is 5.02 Å². The van der Waals surface area contributed by atoms with E-state index in [0.29, 0.717) is 36.7 Å². The molecule has 0 aliphatic carbocycles. The van der Waals surface area contributed by atoms with Crippen LogP contribution in [0.4, 0.5) is 24.5 Å². The number of nitrogens with zero attached hydrogens (tertiary/aromatic N) is 3. The van der Waals surface area contributed by atoms with E-state index in [-0.39, 0.29) is 30.0 Å². The van der Waals surface area contributed by atoms with E-state index in [1.807, 2.05) is 6.07 Å². The minimum atomic E-state index is -4.65. The highest BCUT2D eigenvalue weighted by molar-refractivity contribution is 7.98. The summed E-state index contributed by atoms with van der Waals surface area (Å²) in [4.78, 5) is 30.8. The smallest absolute Gasteiger partial charge is 0.396 e. The van der Waals surface area contributed by atoms with Crippen molar-refractivity contribution >= 4 is 52.8 Å². The van der Waals surface area contributed by atoms with Crippen LogP contribution in [0.25, 0.3) is 0 Å². The fourth-order valence-electron chi connectivity index (χ4n) is 4.71. The number of piperazine rings is 1. The maximum atomic E-state index is 13.4. The second-order valence-electron chi connectivity index (χ2n) is 10.1. The SMILES string of the molecule is O=C(Nc1ccc(N2CCN(CCO)CC2)cc1C(=O)NN=Cc1ccc(Cl)c(C(F)(F)F)c1)c1cccc(CSCCO)c1. The van der Waals surface area contributed by atoms with Gasteiger partial charge in [-0.2, -0.15) is 30.0 Å². The van der Waals surface area contributed by atoms with Gasteiger partial charge < -0.3 is 20.4 Å². The Hall–Kier alpha value is -3.62. The van der Waals surface area contributed by atoms with Gasteiger partial charge in [0.25, 0.3) is 11.8 Å². The number of alkyl halides is 3. The summed E-state index contributed by atoms with van der Waals surface area (Å²) >= 11 is 7.22. The Morgan fingerprint density at radius 3 is 2.47 bits per heavy atom. The lowest BCUT2D eigenvalue weighted by Crippen LogP contribution is -2.47. The summed E-state index contributed by atoms with van der Waals surface area (Å²) in [5.74, 6) is 0.0715. The minimum Gasteiger partial charge on any atom is -0.396 e. The minimum absolute atomic E-state index is 0.0579. The van der Waals surface area contributed by atoms with E-state index in [9.17, 15) is 27.9 Å². The van der Waals surface area contributed by atoms with Crippen molar-refractivity contribution in [1.29, 1.82) is 0 Å². The van der Waals surface area contributed by atoms with Crippen LogP contribution in [0.3, 0.4) is 0 Å². The fourth-order valence-corrected chi connectivity index (χ4v) is 5.63. The molecule has 3 aromatic carbocycles. The third kappa shape index (κ3) is 9.68. The molecule has 0 aromatic heterocycles. The van der Waals surface area contributed by atoms with Crippen molar-refractivity contribution in [3.8, 4) is 0 Å². The Morgan fingerprint density at radius 1 is 0.978 bits per heavy atom. The van der Waals surface area contributed by atoms with Crippen LogP contribution in [-0.4, -0.2) is 84.8 Å². The molecule has 0 spiro atoms. The third-order valence-electron chi connectivity index (χ3n) is 7.02. The van der Waals surface area contributed by atoms with Crippen LogP contribution >= 0.6 is 23.4 Å². The fraction of sp³-hybridized carbons (Fsp3) is 0.323. The van der Waals surface area contributed by atoms with Crippen LogP contribution in [0.15, 0.2) is 65.8 Å². The molecule has 3 aromatic rings. The number of nitrogens with one attached hydrogen (secondary N) is 2. The number of thioether (sulfide) groups is 1. The van der Waals surface area contributed by atoms with E-state index in [0.717, 1.165) is 42.7 Å². The van der Waals surface area contributed by atoms with Gasteiger partial charge in [-0.05, 0) is 53.6 Å². The molecule has 0 radical (unpaired) electrons. The maximum absolute atomic E-state index is 13.4. The Bertz CT molecular complexity index is 1520. The van der Waals surface area contributed by atoms with E-state index in [2.05, 4.69) is 25.6 Å². The summed E-state index contributed by atoms with van der Waals surface area (Å²) in [6.45, 7) is 3.45. The first-order chi connectivity index (χ1) is 21.6. The highest BCUT2D eigenvalue weighted by Crippen LogP contribution is 2.35.